The van der Waals surface area contributed by atoms with Crippen LogP contribution in [-0.4, -0.2) is 51.1 Å². The summed E-state index contributed by atoms with van der Waals surface area (Å²) in [6.45, 7) is -1.96. The van der Waals surface area contributed by atoms with Crippen LogP contribution < -0.4 is 4.74 Å². The van der Waals surface area contributed by atoms with Gasteiger partial charge in [0.2, 0.25) is 10.0 Å². The molecule has 20 heavy (non-hydrogen) atoms. The number of aliphatic hydroxyl groups is 1. The number of hydrogen-bond acceptors (Lipinski definition) is 4. The molecule has 5 nitrogen and oxygen atoms in total. The lowest BCUT2D eigenvalue weighted by Crippen LogP contribution is -2.37. The third-order valence-corrected chi connectivity index (χ3v) is 4.81. The molecule has 0 radical (unpaired) electrons. The van der Waals surface area contributed by atoms with E-state index in [1.165, 1.54) is 19.2 Å². The first-order valence-electron chi connectivity index (χ1n) is 5.55. The minimum absolute atomic E-state index is 0.0467. The maximum absolute atomic E-state index is 12.5. The number of aliphatic hydroxyl groups excluding tert-OH is 1. The van der Waals surface area contributed by atoms with Crippen molar-refractivity contribution in [3.63, 3.8) is 0 Å². The molecule has 0 bridgehead atoms. The minimum Gasteiger partial charge on any atom is -0.495 e. The maximum Gasteiger partial charge on any atom is 0.252 e. The van der Waals surface area contributed by atoms with Gasteiger partial charge in [0, 0.05) is 11.0 Å². The molecule has 9 heteroatoms. The third-order valence-electron chi connectivity index (χ3n) is 2.43. The van der Waals surface area contributed by atoms with Crippen LogP contribution in [0.15, 0.2) is 27.6 Å². The Morgan fingerprint density at radius 1 is 1.45 bits per heavy atom. The van der Waals surface area contributed by atoms with Crippen molar-refractivity contribution < 1.29 is 27.0 Å². The number of alkyl halides is 2. The van der Waals surface area contributed by atoms with Gasteiger partial charge < -0.3 is 9.84 Å². The summed E-state index contributed by atoms with van der Waals surface area (Å²) in [6.07, 6.45) is -2.84. The van der Waals surface area contributed by atoms with Crippen molar-refractivity contribution in [1.82, 2.24) is 4.31 Å². The van der Waals surface area contributed by atoms with Crippen molar-refractivity contribution in [2.45, 2.75) is 11.3 Å². The average Bonchev–Trinajstić information content (AvgIpc) is 2.37. The van der Waals surface area contributed by atoms with Gasteiger partial charge in [0.25, 0.3) is 6.43 Å². The quantitative estimate of drug-likeness (QED) is 0.789. The molecule has 0 amide bonds. The van der Waals surface area contributed by atoms with Gasteiger partial charge in [0.15, 0.2) is 0 Å². The molecule has 114 valence electrons. The van der Waals surface area contributed by atoms with Crippen molar-refractivity contribution >= 4 is 26.0 Å². The second-order valence-corrected chi connectivity index (χ2v) is 6.59. The molecule has 0 aromatic heterocycles. The molecule has 0 saturated carbocycles. The molecule has 0 aliphatic heterocycles. The first kappa shape index (κ1) is 17.3. The van der Waals surface area contributed by atoms with Gasteiger partial charge in [-0.3, -0.25) is 0 Å². The van der Waals surface area contributed by atoms with E-state index in [2.05, 4.69) is 15.9 Å². The van der Waals surface area contributed by atoms with Gasteiger partial charge in [-0.1, -0.05) is 15.9 Å². The number of ether oxygens (including phenoxy) is 1. The number of benzene rings is 1. The molecule has 0 saturated heterocycles. The van der Waals surface area contributed by atoms with Crippen LogP contribution in [0.25, 0.3) is 0 Å². The summed E-state index contributed by atoms with van der Waals surface area (Å²) >= 11 is 3.12. The topological polar surface area (TPSA) is 66.8 Å². The van der Waals surface area contributed by atoms with E-state index in [9.17, 15) is 17.2 Å². The zero-order valence-electron chi connectivity index (χ0n) is 10.6. The largest absolute Gasteiger partial charge is 0.495 e. The Bertz CT molecular complexity index is 553. The van der Waals surface area contributed by atoms with Crippen molar-refractivity contribution in [3.05, 3.63) is 22.7 Å². The molecule has 0 aliphatic rings. The number of methoxy groups -OCH3 is 1. The number of hydrogen-bond donors (Lipinski definition) is 1. The predicted molar refractivity (Wildman–Crippen MR) is 72.5 cm³/mol. The summed E-state index contributed by atoms with van der Waals surface area (Å²) in [6, 6.07) is 4.25. The Morgan fingerprint density at radius 2 is 2.10 bits per heavy atom. The Hall–Kier alpha value is -0.770. The second kappa shape index (κ2) is 7.30. The molecule has 1 aromatic rings. The van der Waals surface area contributed by atoms with Gasteiger partial charge in [0.1, 0.15) is 10.6 Å². The standard InChI is InChI=1S/C11H14BrF2NO4S/c1-19-9-3-2-8(12)6-10(9)20(17,18)15(4-5-16)7-11(13)14/h2-3,6,11,16H,4-5,7H2,1H3. The van der Waals surface area contributed by atoms with E-state index in [0.29, 0.717) is 8.78 Å². The van der Waals surface area contributed by atoms with Crippen LogP contribution in [0.4, 0.5) is 8.78 Å². The van der Waals surface area contributed by atoms with E-state index < -0.39 is 36.1 Å². The van der Waals surface area contributed by atoms with Crippen LogP contribution >= 0.6 is 15.9 Å². The highest BCUT2D eigenvalue weighted by Gasteiger charge is 2.29. The van der Waals surface area contributed by atoms with Crippen LogP contribution in [0.3, 0.4) is 0 Å². The van der Waals surface area contributed by atoms with Gasteiger partial charge in [-0.25, -0.2) is 17.2 Å². The van der Waals surface area contributed by atoms with Crippen LogP contribution in [-0.2, 0) is 10.0 Å². The van der Waals surface area contributed by atoms with Crippen molar-refractivity contribution in [2.24, 2.45) is 0 Å². The van der Waals surface area contributed by atoms with Gasteiger partial charge in [-0.2, -0.15) is 4.31 Å². The van der Waals surface area contributed by atoms with Gasteiger partial charge in [-0.15, -0.1) is 0 Å². The van der Waals surface area contributed by atoms with E-state index in [4.69, 9.17) is 9.84 Å². The van der Waals surface area contributed by atoms with Crippen molar-refractivity contribution in [1.29, 1.82) is 0 Å². The van der Waals surface area contributed by atoms with Crippen LogP contribution in [0.1, 0.15) is 0 Å². The van der Waals surface area contributed by atoms with E-state index in [-0.39, 0.29) is 10.6 Å². The molecule has 0 unspecified atom stereocenters. The minimum atomic E-state index is -4.19. The number of rotatable bonds is 7. The summed E-state index contributed by atoms with van der Waals surface area (Å²) in [5, 5.41) is 8.85. The van der Waals surface area contributed by atoms with E-state index >= 15 is 0 Å². The fourth-order valence-corrected chi connectivity index (χ4v) is 3.67. The van der Waals surface area contributed by atoms with Gasteiger partial charge in [0.05, 0.1) is 20.3 Å². The van der Waals surface area contributed by atoms with Crippen LogP contribution in [0, 0.1) is 0 Å². The monoisotopic (exact) mass is 373 g/mol. The normalized spacial score (nSPS) is 12.2. The predicted octanol–water partition coefficient (Wildman–Crippen LogP) is 1.71. The first-order chi connectivity index (χ1) is 9.32. The molecule has 0 spiro atoms. The van der Waals surface area contributed by atoms with Crippen LogP contribution in [0.5, 0.6) is 5.75 Å². The number of nitrogens with zero attached hydrogens (tertiary/aromatic N) is 1. The van der Waals surface area contributed by atoms with Crippen LogP contribution in [0.2, 0.25) is 0 Å². The van der Waals surface area contributed by atoms with Gasteiger partial charge in [-0.05, 0) is 18.2 Å². The van der Waals surface area contributed by atoms with Gasteiger partial charge >= 0.3 is 0 Å². The fourth-order valence-electron chi connectivity index (χ4n) is 1.57. The van der Waals surface area contributed by atoms with E-state index in [1.54, 1.807) is 6.07 Å². The number of sulfonamides is 1. The Labute approximate surface area is 124 Å². The second-order valence-electron chi connectivity index (χ2n) is 3.77. The van der Waals surface area contributed by atoms with Crippen molar-refractivity contribution in [2.75, 3.05) is 26.8 Å². The highest BCUT2D eigenvalue weighted by atomic mass is 79.9. The molecular weight excluding hydrogens is 360 g/mol. The highest BCUT2D eigenvalue weighted by molar-refractivity contribution is 9.10. The average molecular weight is 374 g/mol. The SMILES string of the molecule is COc1ccc(Br)cc1S(=O)(=O)N(CCO)CC(F)F. The zero-order valence-corrected chi connectivity index (χ0v) is 13.0. The molecule has 0 atom stereocenters. The third kappa shape index (κ3) is 4.11. The maximum atomic E-state index is 12.5. The zero-order chi connectivity index (χ0) is 15.3. The summed E-state index contributed by atoms with van der Waals surface area (Å²) in [4.78, 5) is -0.233. The summed E-state index contributed by atoms with van der Waals surface area (Å²) in [5.41, 5.74) is 0. The lowest BCUT2D eigenvalue weighted by atomic mass is 10.3. The first-order valence-corrected chi connectivity index (χ1v) is 7.79. The molecule has 1 rings (SSSR count). The molecule has 0 fully saturated rings. The lowest BCUT2D eigenvalue weighted by Gasteiger charge is -2.22. The van der Waals surface area contributed by atoms with E-state index in [0.717, 1.165) is 0 Å². The number of halogens is 3. The molecule has 0 aliphatic carbocycles. The molecule has 0 heterocycles. The molecule has 1 N–H and O–H groups in total. The molecular formula is C11H14BrF2NO4S. The highest BCUT2D eigenvalue weighted by Crippen LogP contribution is 2.29. The lowest BCUT2D eigenvalue weighted by molar-refractivity contribution is 0.113. The Balaban J connectivity index is 3.28. The smallest absolute Gasteiger partial charge is 0.252 e. The van der Waals surface area contributed by atoms with E-state index in [1.807, 2.05) is 0 Å². The molecule has 1 aromatic carbocycles. The summed E-state index contributed by atoms with van der Waals surface area (Å²) in [5.74, 6) is 0.0467. The fraction of sp³-hybridized carbons (Fsp3) is 0.455. The Morgan fingerprint density at radius 3 is 2.60 bits per heavy atom. The summed E-state index contributed by atoms with van der Waals surface area (Å²) in [7, 11) is -2.90. The Kier molecular flexibility index (Phi) is 6.31. The van der Waals surface area contributed by atoms with Crippen molar-refractivity contribution in [3.8, 4) is 5.75 Å². The summed E-state index contributed by atoms with van der Waals surface area (Å²) < 4.78 is 55.7.